The van der Waals surface area contributed by atoms with Gasteiger partial charge in [-0.15, -0.1) is 0 Å². The lowest BCUT2D eigenvalue weighted by Gasteiger charge is -2.16. The van der Waals surface area contributed by atoms with Crippen molar-refractivity contribution in [3.05, 3.63) is 35.9 Å². The summed E-state index contributed by atoms with van der Waals surface area (Å²) in [6.07, 6.45) is 11.2. The number of rotatable bonds is 11. The van der Waals surface area contributed by atoms with E-state index in [9.17, 15) is 0 Å². The Balaban J connectivity index is 1.94. The molecule has 1 aromatic carbocycles. The summed E-state index contributed by atoms with van der Waals surface area (Å²) < 4.78 is 0. The molecule has 0 aliphatic rings. The van der Waals surface area contributed by atoms with Crippen molar-refractivity contribution in [3.8, 4) is 0 Å². The van der Waals surface area contributed by atoms with E-state index in [4.69, 9.17) is 0 Å². The first-order chi connectivity index (χ1) is 9.33. The van der Waals surface area contributed by atoms with Crippen molar-refractivity contribution in [1.29, 1.82) is 0 Å². The van der Waals surface area contributed by atoms with E-state index in [1.165, 1.54) is 63.5 Å². The minimum atomic E-state index is 1.08. The van der Waals surface area contributed by atoms with Gasteiger partial charge in [-0.1, -0.05) is 82.2 Å². The number of benzene rings is 1. The minimum Gasteiger partial charge on any atom is -0.302 e. The van der Waals surface area contributed by atoms with Gasteiger partial charge in [0.15, 0.2) is 0 Å². The molecule has 0 aliphatic carbocycles. The summed E-state index contributed by atoms with van der Waals surface area (Å²) in [7, 11) is 2.23. The summed E-state index contributed by atoms with van der Waals surface area (Å²) in [4.78, 5) is 2.44. The van der Waals surface area contributed by atoms with E-state index in [-0.39, 0.29) is 0 Å². The molecule has 1 heteroatoms. The molecule has 0 radical (unpaired) electrons. The first kappa shape index (κ1) is 16.2. The number of hydrogen-bond acceptors (Lipinski definition) is 1. The summed E-state index contributed by atoms with van der Waals surface area (Å²) in [5.41, 5.74) is 1.42. The van der Waals surface area contributed by atoms with Gasteiger partial charge in [0, 0.05) is 6.54 Å². The Morgan fingerprint density at radius 1 is 0.789 bits per heavy atom. The Morgan fingerprint density at radius 3 is 2.00 bits per heavy atom. The Kier molecular flexibility index (Phi) is 9.44. The summed E-state index contributed by atoms with van der Waals surface area (Å²) >= 11 is 0. The third-order valence-electron chi connectivity index (χ3n) is 3.69. The Labute approximate surface area is 120 Å². The van der Waals surface area contributed by atoms with E-state index in [1.54, 1.807) is 0 Å². The molecule has 0 unspecified atom stereocenters. The highest BCUT2D eigenvalue weighted by atomic mass is 15.1. The maximum atomic E-state index is 2.44. The second-order valence-electron chi connectivity index (χ2n) is 5.70. The molecular formula is C18H31N. The molecular weight excluding hydrogens is 230 g/mol. The van der Waals surface area contributed by atoms with Crippen molar-refractivity contribution in [2.75, 3.05) is 13.6 Å². The highest BCUT2D eigenvalue weighted by Crippen LogP contribution is 2.09. The zero-order valence-electron chi connectivity index (χ0n) is 12.9. The summed E-state index contributed by atoms with van der Waals surface area (Å²) in [5, 5.41) is 0. The zero-order chi connectivity index (χ0) is 13.8. The molecule has 0 aliphatic heterocycles. The standard InChI is InChI=1S/C18H31N/c1-3-4-5-6-7-8-9-13-16-19(2)17-18-14-11-10-12-15-18/h10-12,14-15H,3-9,13,16-17H2,1-2H3. The van der Waals surface area contributed by atoms with Gasteiger partial charge in [-0.2, -0.15) is 0 Å². The average molecular weight is 261 g/mol. The Morgan fingerprint density at radius 2 is 1.37 bits per heavy atom. The molecule has 0 atom stereocenters. The van der Waals surface area contributed by atoms with Gasteiger partial charge < -0.3 is 4.90 Å². The molecule has 0 heterocycles. The van der Waals surface area contributed by atoms with E-state index in [2.05, 4.69) is 49.2 Å². The monoisotopic (exact) mass is 261 g/mol. The van der Waals surface area contributed by atoms with E-state index >= 15 is 0 Å². The molecule has 1 rings (SSSR count). The van der Waals surface area contributed by atoms with Gasteiger partial charge in [-0.3, -0.25) is 0 Å². The third-order valence-corrected chi connectivity index (χ3v) is 3.69. The van der Waals surface area contributed by atoms with Crippen molar-refractivity contribution in [3.63, 3.8) is 0 Å². The first-order valence-electron chi connectivity index (χ1n) is 8.05. The molecule has 0 spiro atoms. The first-order valence-corrected chi connectivity index (χ1v) is 8.05. The number of nitrogens with zero attached hydrogens (tertiary/aromatic N) is 1. The molecule has 1 aromatic rings. The van der Waals surface area contributed by atoms with Crippen LogP contribution in [-0.4, -0.2) is 18.5 Å². The molecule has 1 nitrogen and oxygen atoms in total. The van der Waals surface area contributed by atoms with Crippen LogP contribution in [0.4, 0.5) is 0 Å². The van der Waals surface area contributed by atoms with E-state index in [0.717, 1.165) is 6.54 Å². The van der Waals surface area contributed by atoms with Crippen LogP contribution in [0, 0.1) is 0 Å². The molecule has 0 fully saturated rings. The van der Waals surface area contributed by atoms with Gasteiger partial charge in [0.25, 0.3) is 0 Å². The van der Waals surface area contributed by atoms with E-state index < -0.39 is 0 Å². The number of unbranched alkanes of at least 4 members (excludes halogenated alkanes) is 7. The summed E-state index contributed by atoms with van der Waals surface area (Å²) in [6.45, 7) is 4.59. The molecule has 0 aromatic heterocycles. The van der Waals surface area contributed by atoms with Gasteiger partial charge in [0.2, 0.25) is 0 Å². The smallest absolute Gasteiger partial charge is 0.0230 e. The topological polar surface area (TPSA) is 3.24 Å². The summed E-state index contributed by atoms with van der Waals surface area (Å²) in [5.74, 6) is 0. The highest BCUT2D eigenvalue weighted by Gasteiger charge is 1.99. The highest BCUT2D eigenvalue weighted by molar-refractivity contribution is 5.14. The lowest BCUT2D eigenvalue weighted by molar-refractivity contribution is 0.316. The largest absolute Gasteiger partial charge is 0.302 e. The maximum absolute atomic E-state index is 2.44. The van der Waals surface area contributed by atoms with Crippen LogP contribution in [0.25, 0.3) is 0 Å². The maximum Gasteiger partial charge on any atom is 0.0230 e. The predicted octanol–water partition coefficient (Wildman–Crippen LogP) is 5.26. The lowest BCUT2D eigenvalue weighted by Crippen LogP contribution is -2.18. The molecule has 0 bridgehead atoms. The van der Waals surface area contributed by atoms with Gasteiger partial charge >= 0.3 is 0 Å². The van der Waals surface area contributed by atoms with Crippen LogP contribution in [0.15, 0.2) is 30.3 Å². The minimum absolute atomic E-state index is 1.08. The van der Waals surface area contributed by atoms with Crippen molar-refractivity contribution >= 4 is 0 Å². The van der Waals surface area contributed by atoms with Crippen molar-refractivity contribution in [1.82, 2.24) is 4.90 Å². The van der Waals surface area contributed by atoms with E-state index in [0.29, 0.717) is 0 Å². The third kappa shape index (κ3) is 8.83. The quantitative estimate of drug-likeness (QED) is 0.491. The van der Waals surface area contributed by atoms with Gasteiger partial charge in [0.1, 0.15) is 0 Å². The van der Waals surface area contributed by atoms with Crippen LogP contribution in [0.5, 0.6) is 0 Å². The predicted molar refractivity (Wildman–Crippen MR) is 85.4 cm³/mol. The number of hydrogen-bond donors (Lipinski definition) is 0. The van der Waals surface area contributed by atoms with Crippen molar-refractivity contribution in [2.45, 2.75) is 64.8 Å². The van der Waals surface area contributed by atoms with Crippen LogP contribution in [-0.2, 0) is 6.54 Å². The van der Waals surface area contributed by atoms with Crippen molar-refractivity contribution in [2.24, 2.45) is 0 Å². The van der Waals surface area contributed by atoms with Crippen LogP contribution < -0.4 is 0 Å². The summed E-state index contributed by atoms with van der Waals surface area (Å²) in [6, 6.07) is 10.8. The normalized spacial score (nSPS) is 11.1. The average Bonchev–Trinajstić information content (AvgIpc) is 2.43. The van der Waals surface area contributed by atoms with Crippen LogP contribution in [0.3, 0.4) is 0 Å². The zero-order valence-corrected chi connectivity index (χ0v) is 12.9. The molecule has 108 valence electrons. The molecule has 0 saturated heterocycles. The van der Waals surface area contributed by atoms with Gasteiger partial charge in [0.05, 0.1) is 0 Å². The molecule has 0 amide bonds. The molecule has 19 heavy (non-hydrogen) atoms. The second-order valence-corrected chi connectivity index (χ2v) is 5.70. The second kappa shape index (κ2) is 11.0. The Hall–Kier alpha value is -0.820. The van der Waals surface area contributed by atoms with Crippen LogP contribution >= 0.6 is 0 Å². The van der Waals surface area contributed by atoms with Crippen LogP contribution in [0.1, 0.15) is 63.9 Å². The van der Waals surface area contributed by atoms with Crippen molar-refractivity contribution < 1.29 is 0 Å². The fourth-order valence-corrected chi connectivity index (χ4v) is 2.49. The SMILES string of the molecule is CCCCCCCCCCN(C)Cc1ccccc1. The lowest BCUT2D eigenvalue weighted by atomic mass is 10.1. The molecule has 0 saturated carbocycles. The van der Waals surface area contributed by atoms with E-state index in [1.807, 2.05) is 0 Å². The fourth-order valence-electron chi connectivity index (χ4n) is 2.49. The van der Waals surface area contributed by atoms with Gasteiger partial charge in [-0.25, -0.2) is 0 Å². The molecule has 0 N–H and O–H groups in total. The Bertz CT molecular complexity index is 294. The van der Waals surface area contributed by atoms with Crippen LogP contribution in [0.2, 0.25) is 0 Å². The van der Waals surface area contributed by atoms with Gasteiger partial charge in [-0.05, 0) is 25.6 Å². The fraction of sp³-hybridized carbons (Fsp3) is 0.667.